The first kappa shape index (κ1) is 18.3. The molecule has 1 N–H and O–H groups in total. The van der Waals surface area contributed by atoms with Crippen LogP contribution in [-0.4, -0.2) is 18.5 Å². The van der Waals surface area contributed by atoms with Crippen LogP contribution >= 0.6 is 0 Å². The summed E-state index contributed by atoms with van der Waals surface area (Å²) in [6, 6.07) is 19.0. The molecule has 0 spiro atoms. The molecular weight excluding hydrogens is 352 g/mol. The third-order valence-corrected chi connectivity index (χ3v) is 3.76. The number of esters is 1. The standard InChI is InChI=1S/C21H15F2NO3/c22-17-10-11-18(23)19(12-17)24-20(25)13-27-21(26)16-8-6-15(7-9-16)14-4-2-1-3-5-14/h1-12H,13H2,(H,24,25). The average Bonchev–Trinajstić information content (AvgIpc) is 2.70. The number of hydrogen-bond acceptors (Lipinski definition) is 3. The van der Waals surface area contributed by atoms with Gasteiger partial charge in [-0.15, -0.1) is 0 Å². The summed E-state index contributed by atoms with van der Waals surface area (Å²) in [5, 5.41) is 2.16. The van der Waals surface area contributed by atoms with Crippen molar-refractivity contribution >= 4 is 17.6 Å². The van der Waals surface area contributed by atoms with E-state index in [-0.39, 0.29) is 11.3 Å². The summed E-state index contributed by atoms with van der Waals surface area (Å²) in [6.07, 6.45) is 0. The van der Waals surface area contributed by atoms with Gasteiger partial charge in [-0.1, -0.05) is 42.5 Å². The van der Waals surface area contributed by atoms with Gasteiger partial charge in [0.05, 0.1) is 11.3 Å². The van der Waals surface area contributed by atoms with Crippen LogP contribution < -0.4 is 5.32 Å². The molecule has 0 unspecified atom stereocenters. The minimum atomic E-state index is -0.785. The van der Waals surface area contributed by atoms with Gasteiger partial charge in [0.15, 0.2) is 6.61 Å². The third-order valence-electron chi connectivity index (χ3n) is 3.76. The number of anilines is 1. The van der Waals surface area contributed by atoms with Crippen molar-refractivity contribution in [1.29, 1.82) is 0 Å². The third kappa shape index (κ3) is 4.76. The van der Waals surface area contributed by atoms with E-state index < -0.39 is 30.1 Å². The Balaban J connectivity index is 1.57. The fourth-order valence-corrected chi connectivity index (χ4v) is 2.42. The monoisotopic (exact) mass is 367 g/mol. The SMILES string of the molecule is O=C(COC(=O)c1ccc(-c2ccccc2)cc1)Nc1cc(F)ccc1F. The van der Waals surface area contributed by atoms with Crippen molar-refractivity contribution in [2.45, 2.75) is 0 Å². The molecule has 0 heterocycles. The van der Waals surface area contributed by atoms with Gasteiger partial charge in [-0.25, -0.2) is 13.6 Å². The van der Waals surface area contributed by atoms with E-state index in [4.69, 9.17) is 4.74 Å². The van der Waals surface area contributed by atoms with Crippen molar-refractivity contribution in [3.63, 3.8) is 0 Å². The van der Waals surface area contributed by atoms with Gasteiger partial charge in [0.25, 0.3) is 5.91 Å². The average molecular weight is 367 g/mol. The van der Waals surface area contributed by atoms with Crippen LogP contribution in [0.25, 0.3) is 11.1 Å². The summed E-state index contributed by atoms with van der Waals surface area (Å²) in [5.74, 6) is -2.94. The summed E-state index contributed by atoms with van der Waals surface area (Å²) in [4.78, 5) is 23.8. The lowest BCUT2D eigenvalue weighted by molar-refractivity contribution is -0.119. The highest BCUT2D eigenvalue weighted by molar-refractivity contribution is 5.95. The van der Waals surface area contributed by atoms with Gasteiger partial charge in [0.1, 0.15) is 11.6 Å². The Morgan fingerprint density at radius 3 is 2.22 bits per heavy atom. The summed E-state index contributed by atoms with van der Waals surface area (Å²) in [7, 11) is 0. The van der Waals surface area contributed by atoms with Gasteiger partial charge in [-0.05, 0) is 35.4 Å². The second kappa shape index (κ2) is 8.23. The quantitative estimate of drug-likeness (QED) is 0.679. The van der Waals surface area contributed by atoms with E-state index in [1.165, 1.54) is 0 Å². The summed E-state index contributed by atoms with van der Waals surface area (Å²) in [6.45, 7) is -0.616. The van der Waals surface area contributed by atoms with E-state index in [9.17, 15) is 18.4 Å². The minimum absolute atomic E-state index is 0.277. The highest BCUT2D eigenvalue weighted by Crippen LogP contribution is 2.19. The highest BCUT2D eigenvalue weighted by atomic mass is 19.1. The maximum absolute atomic E-state index is 13.5. The van der Waals surface area contributed by atoms with Crippen LogP contribution in [0.4, 0.5) is 14.5 Å². The van der Waals surface area contributed by atoms with Crippen LogP contribution in [0.5, 0.6) is 0 Å². The Labute approximate surface area is 154 Å². The smallest absolute Gasteiger partial charge is 0.338 e. The number of rotatable bonds is 5. The zero-order valence-corrected chi connectivity index (χ0v) is 14.1. The molecule has 0 aliphatic carbocycles. The molecule has 6 heteroatoms. The molecule has 3 aromatic carbocycles. The van der Waals surface area contributed by atoms with E-state index in [1.807, 2.05) is 30.3 Å². The maximum atomic E-state index is 13.5. The molecule has 27 heavy (non-hydrogen) atoms. The molecule has 0 bridgehead atoms. The predicted molar refractivity (Wildman–Crippen MR) is 97.1 cm³/mol. The number of halogens is 2. The highest BCUT2D eigenvalue weighted by Gasteiger charge is 2.12. The summed E-state index contributed by atoms with van der Waals surface area (Å²) < 4.78 is 31.5. The first-order valence-electron chi connectivity index (χ1n) is 8.10. The molecule has 0 aromatic heterocycles. The van der Waals surface area contributed by atoms with Crippen molar-refractivity contribution in [2.75, 3.05) is 11.9 Å². The molecular formula is C21H15F2NO3. The minimum Gasteiger partial charge on any atom is -0.452 e. The van der Waals surface area contributed by atoms with Gasteiger partial charge in [-0.3, -0.25) is 4.79 Å². The number of carbonyl (C=O) groups excluding carboxylic acids is 2. The number of ether oxygens (including phenoxy) is 1. The van der Waals surface area contributed by atoms with Crippen LogP contribution in [0, 0.1) is 11.6 Å². The van der Waals surface area contributed by atoms with Crippen molar-refractivity contribution in [3.8, 4) is 11.1 Å². The molecule has 0 aliphatic heterocycles. The molecule has 0 aliphatic rings. The lowest BCUT2D eigenvalue weighted by Gasteiger charge is -2.08. The van der Waals surface area contributed by atoms with Crippen LogP contribution in [0.15, 0.2) is 72.8 Å². The largest absolute Gasteiger partial charge is 0.452 e. The number of hydrogen-bond donors (Lipinski definition) is 1. The van der Waals surface area contributed by atoms with Crippen LogP contribution in [0.3, 0.4) is 0 Å². The molecule has 0 saturated heterocycles. The van der Waals surface area contributed by atoms with Crippen LogP contribution in [0.1, 0.15) is 10.4 Å². The number of nitrogens with one attached hydrogen (secondary N) is 1. The van der Waals surface area contributed by atoms with Crippen molar-refractivity contribution < 1.29 is 23.1 Å². The zero-order valence-electron chi connectivity index (χ0n) is 14.1. The Hall–Kier alpha value is -3.54. The van der Waals surface area contributed by atoms with E-state index >= 15 is 0 Å². The normalized spacial score (nSPS) is 10.3. The van der Waals surface area contributed by atoms with E-state index in [2.05, 4.69) is 5.32 Å². The predicted octanol–water partition coefficient (Wildman–Crippen LogP) is 4.43. The van der Waals surface area contributed by atoms with E-state index in [1.54, 1.807) is 24.3 Å². The molecule has 0 saturated carbocycles. The first-order valence-corrected chi connectivity index (χ1v) is 8.10. The molecule has 0 atom stereocenters. The second-order valence-corrected chi connectivity index (χ2v) is 5.69. The van der Waals surface area contributed by atoms with Crippen LogP contribution in [0.2, 0.25) is 0 Å². The summed E-state index contributed by atoms with van der Waals surface area (Å²) >= 11 is 0. The summed E-state index contributed by atoms with van der Waals surface area (Å²) in [5.41, 5.74) is 1.91. The fourth-order valence-electron chi connectivity index (χ4n) is 2.42. The Morgan fingerprint density at radius 2 is 1.52 bits per heavy atom. The van der Waals surface area contributed by atoms with Crippen molar-refractivity contribution in [3.05, 3.63) is 90.0 Å². The molecule has 3 aromatic rings. The number of benzene rings is 3. The fraction of sp³-hybridized carbons (Fsp3) is 0.0476. The van der Waals surface area contributed by atoms with Crippen LogP contribution in [-0.2, 0) is 9.53 Å². The number of amides is 1. The zero-order chi connectivity index (χ0) is 19.2. The number of carbonyl (C=O) groups is 2. The van der Waals surface area contributed by atoms with Crippen molar-refractivity contribution in [1.82, 2.24) is 0 Å². The van der Waals surface area contributed by atoms with Gasteiger partial charge >= 0.3 is 5.97 Å². The molecule has 0 radical (unpaired) electrons. The molecule has 4 nitrogen and oxygen atoms in total. The van der Waals surface area contributed by atoms with Crippen molar-refractivity contribution in [2.24, 2.45) is 0 Å². The second-order valence-electron chi connectivity index (χ2n) is 5.69. The van der Waals surface area contributed by atoms with Gasteiger partial charge in [0, 0.05) is 6.07 Å². The Kier molecular flexibility index (Phi) is 5.56. The molecule has 136 valence electrons. The lowest BCUT2D eigenvalue weighted by Crippen LogP contribution is -2.21. The van der Waals surface area contributed by atoms with Gasteiger partial charge in [-0.2, -0.15) is 0 Å². The Morgan fingerprint density at radius 1 is 0.852 bits per heavy atom. The molecule has 0 fully saturated rings. The molecule has 1 amide bonds. The first-order chi connectivity index (χ1) is 13.0. The Bertz CT molecular complexity index is 957. The topological polar surface area (TPSA) is 55.4 Å². The van der Waals surface area contributed by atoms with Gasteiger partial charge in [0.2, 0.25) is 0 Å². The maximum Gasteiger partial charge on any atom is 0.338 e. The lowest BCUT2D eigenvalue weighted by atomic mass is 10.0. The van der Waals surface area contributed by atoms with E-state index in [0.29, 0.717) is 0 Å². The molecule has 3 rings (SSSR count). The van der Waals surface area contributed by atoms with E-state index in [0.717, 1.165) is 29.3 Å². The van der Waals surface area contributed by atoms with Gasteiger partial charge < -0.3 is 10.1 Å².